The number of aromatic nitrogens is 2. The van der Waals surface area contributed by atoms with Crippen LogP contribution in [0.25, 0.3) is 22.5 Å². The number of rotatable bonds is 4. The maximum atomic E-state index is 13.4. The zero-order chi connectivity index (χ0) is 22.2. The van der Waals surface area contributed by atoms with Gasteiger partial charge in [-0.05, 0) is 55.8 Å². The van der Waals surface area contributed by atoms with Crippen LogP contribution in [-0.2, 0) is 15.7 Å². The molecule has 0 saturated carbocycles. The Kier molecular flexibility index (Phi) is 5.70. The number of esters is 1. The minimum absolute atomic E-state index is 0.211. The third-order valence-corrected chi connectivity index (χ3v) is 4.43. The maximum Gasteiger partial charge on any atom is 0.417 e. The van der Waals surface area contributed by atoms with E-state index >= 15 is 0 Å². The van der Waals surface area contributed by atoms with E-state index in [9.17, 15) is 22.4 Å². The largest absolute Gasteiger partial charge is 0.426 e. The van der Waals surface area contributed by atoms with Crippen LogP contribution in [0.1, 0.15) is 38.8 Å². The van der Waals surface area contributed by atoms with Crippen LogP contribution in [0, 0.1) is 11.7 Å². The van der Waals surface area contributed by atoms with E-state index in [1.165, 1.54) is 30.3 Å². The molecule has 0 fully saturated rings. The van der Waals surface area contributed by atoms with Gasteiger partial charge in [0.05, 0.1) is 22.6 Å². The van der Waals surface area contributed by atoms with Crippen LogP contribution in [0.5, 0.6) is 0 Å². The van der Waals surface area contributed by atoms with Gasteiger partial charge in [0, 0.05) is 11.8 Å². The lowest BCUT2D eigenvalue weighted by molar-refractivity contribution is -0.140. The highest BCUT2D eigenvalue weighted by Gasteiger charge is 2.32. The number of alkyl halides is 3. The minimum Gasteiger partial charge on any atom is -0.426 e. The van der Waals surface area contributed by atoms with Crippen molar-refractivity contribution in [1.82, 2.24) is 9.61 Å². The number of hydrogen-bond donors (Lipinski definition) is 0. The average molecular weight is 420 g/mol. The Labute approximate surface area is 170 Å². The molecule has 0 radical (unpaired) electrons. The number of hydrogen-bond acceptors (Lipinski definition) is 3. The number of carbonyl (C=O) groups is 1. The normalized spacial score (nSPS) is 11.8. The molecule has 1 aromatic carbocycles. The third-order valence-electron chi connectivity index (χ3n) is 4.43. The molecule has 0 aliphatic rings. The lowest BCUT2D eigenvalue weighted by Gasteiger charge is -2.14. The molecule has 0 bridgehead atoms. The summed E-state index contributed by atoms with van der Waals surface area (Å²) >= 11 is 0. The zero-order valence-corrected chi connectivity index (χ0v) is 16.8. The van der Waals surface area contributed by atoms with Gasteiger partial charge in [-0.25, -0.2) is 8.91 Å². The molecule has 3 aromatic rings. The monoisotopic (exact) mass is 420 g/mol. The molecular formula is C22H20F4N2O2. The number of carbonyl (C=O) groups excluding carboxylic acids is 1. The Morgan fingerprint density at radius 2 is 1.70 bits per heavy atom. The fourth-order valence-corrected chi connectivity index (χ4v) is 2.87. The van der Waals surface area contributed by atoms with Crippen molar-refractivity contribution in [2.75, 3.05) is 0 Å². The zero-order valence-electron chi connectivity index (χ0n) is 16.8. The standard InChI is InChI=1S/C22H20F4N2O2/c1-12(2)20(30-21(29)13(3)4)18-17-10-7-15(22(24,25)26)11-28(17)27-19(18)14-5-8-16(23)9-6-14/h5-11,13H,1-4H3. The first-order valence-electron chi connectivity index (χ1n) is 9.24. The van der Waals surface area contributed by atoms with Crippen LogP contribution in [-0.4, -0.2) is 15.6 Å². The molecule has 0 atom stereocenters. The molecule has 2 heterocycles. The molecule has 0 spiro atoms. The summed E-state index contributed by atoms with van der Waals surface area (Å²) in [5.74, 6) is -1.14. The molecule has 0 aliphatic heterocycles. The first-order valence-corrected chi connectivity index (χ1v) is 9.24. The topological polar surface area (TPSA) is 43.6 Å². The quantitative estimate of drug-likeness (QED) is 0.291. The van der Waals surface area contributed by atoms with E-state index in [4.69, 9.17) is 4.74 Å². The molecule has 0 amide bonds. The van der Waals surface area contributed by atoms with Gasteiger partial charge in [0.2, 0.25) is 0 Å². The van der Waals surface area contributed by atoms with Crippen molar-refractivity contribution < 1.29 is 27.1 Å². The summed E-state index contributed by atoms with van der Waals surface area (Å²) in [6.45, 7) is 6.81. The molecule has 158 valence electrons. The highest BCUT2D eigenvalue weighted by molar-refractivity contribution is 5.91. The van der Waals surface area contributed by atoms with E-state index in [-0.39, 0.29) is 11.5 Å². The first kappa shape index (κ1) is 21.5. The third kappa shape index (κ3) is 4.22. The Bertz CT molecular complexity index is 1120. The second-order valence-corrected chi connectivity index (χ2v) is 7.38. The van der Waals surface area contributed by atoms with Crippen molar-refractivity contribution in [3.8, 4) is 11.3 Å². The molecule has 0 unspecified atom stereocenters. The van der Waals surface area contributed by atoms with E-state index in [0.29, 0.717) is 22.2 Å². The summed E-state index contributed by atoms with van der Waals surface area (Å²) in [5.41, 5.74) is 1.22. The number of halogens is 4. The van der Waals surface area contributed by atoms with E-state index in [0.717, 1.165) is 16.8 Å². The summed E-state index contributed by atoms with van der Waals surface area (Å²) in [6, 6.07) is 7.63. The van der Waals surface area contributed by atoms with Gasteiger partial charge in [0.25, 0.3) is 0 Å². The van der Waals surface area contributed by atoms with E-state index in [1.54, 1.807) is 27.7 Å². The maximum absolute atomic E-state index is 13.4. The SMILES string of the molecule is CC(C)=C(OC(=O)C(C)C)c1c(-c2ccc(F)cc2)nn2cc(C(F)(F)F)ccc12. The van der Waals surface area contributed by atoms with Gasteiger partial charge in [-0.1, -0.05) is 13.8 Å². The number of allylic oxidation sites excluding steroid dienone is 1. The predicted molar refractivity (Wildman–Crippen MR) is 105 cm³/mol. The summed E-state index contributed by atoms with van der Waals surface area (Å²) in [4.78, 5) is 12.3. The van der Waals surface area contributed by atoms with Crippen LogP contribution in [0.4, 0.5) is 17.6 Å². The van der Waals surface area contributed by atoms with Crippen molar-refractivity contribution in [1.29, 1.82) is 0 Å². The first-order chi connectivity index (χ1) is 14.0. The molecule has 3 rings (SSSR count). The Morgan fingerprint density at radius 3 is 2.23 bits per heavy atom. The van der Waals surface area contributed by atoms with Crippen molar-refractivity contribution in [3.05, 3.63) is 65.1 Å². The van der Waals surface area contributed by atoms with Crippen LogP contribution in [0.2, 0.25) is 0 Å². The van der Waals surface area contributed by atoms with Gasteiger partial charge in [-0.3, -0.25) is 4.79 Å². The molecule has 0 saturated heterocycles. The highest BCUT2D eigenvalue weighted by atomic mass is 19.4. The minimum atomic E-state index is -4.54. The van der Waals surface area contributed by atoms with Crippen LogP contribution >= 0.6 is 0 Å². The number of pyridine rings is 1. The molecular weight excluding hydrogens is 400 g/mol. The van der Waals surface area contributed by atoms with Crippen LogP contribution in [0.15, 0.2) is 48.2 Å². The van der Waals surface area contributed by atoms with E-state index in [1.807, 2.05) is 0 Å². The summed E-state index contributed by atoms with van der Waals surface area (Å²) < 4.78 is 59.6. The average Bonchev–Trinajstić information content (AvgIpc) is 3.03. The van der Waals surface area contributed by atoms with Crippen LogP contribution < -0.4 is 0 Å². The lowest BCUT2D eigenvalue weighted by Crippen LogP contribution is -2.12. The fraction of sp³-hybridized carbons (Fsp3) is 0.273. The molecule has 2 aromatic heterocycles. The van der Waals surface area contributed by atoms with Gasteiger partial charge in [-0.2, -0.15) is 18.3 Å². The van der Waals surface area contributed by atoms with E-state index in [2.05, 4.69) is 5.10 Å². The molecule has 0 N–H and O–H groups in total. The van der Waals surface area contributed by atoms with Crippen molar-refractivity contribution in [2.45, 2.75) is 33.9 Å². The fourth-order valence-electron chi connectivity index (χ4n) is 2.87. The summed E-state index contributed by atoms with van der Waals surface area (Å²) in [7, 11) is 0. The second-order valence-electron chi connectivity index (χ2n) is 7.38. The second kappa shape index (κ2) is 7.93. The number of benzene rings is 1. The predicted octanol–water partition coefficient (Wildman–Crippen LogP) is 6.11. The molecule has 30 heavy (non-hydrogen) atoms. The van der Waals surface area contributed by atoms with Gasteiger partial charge in [-0.15, -0.1) is 0 Å². The number of fused-ring (bicyclic) bond motifs is 1. The summed E-state index contributed by atoms with van der Waals surface area (Å²) in [6.07, 6.45) is -3.67. The van der Waals surface area contributed by atoms with Gasteiger partial charge in [0.15, 0.2) is 0 Å². The number of nitrogens with zero attached hydrogens (tertiary/aromatic N) is 2. The molecule has 0 aliphatic carbocycles. The highest BCUT2D eigenvalue weighted by Crippen LogP contribution is 2.36. The molecule has 8 heteroatoms. The number of ether oxygens (including phenoxy) is 1. The Hall–Kier alpha value is -3.16. The molecule has 4 nitrogen and oxygen atoms in total. The van der Waals surface area contributed by atoms with Gasteiger partial charge >= 0.3 is 12.1 Å². The van der Waals surface area contributed by atoms with E-state index < -0.39 is 29.4 Å². The lowest BCUT2D eigenvalue weighted by atomic mass is 10.0. The van der Waals surface area contributed by atoms with Crippen molar-refractivity contribution in [2.24, 2.45) is 5.92 Å². The Morgan fingerprint density at radius 1 is 1.07 bits per heavy atom. The van der Waals surface area contributed by atoms with Crippen molar-refractivity contribution in [3.63, 3.8) is 0 Å². The Balaban J connectivity index is 2.31. The smallest absolute Gasteiger partial charge is 0.417 e. The van der Waals surface area contributed by atoms with Crippen LogP contribution in [0.3, 0.4) is 0 Å². The van der Waals surface area contributed by atoms with Gasteiger partial charge in [0.1, 0.15) is 17.3 Å². The van der Waals surface area contributed by atoms with Crippen molar-refractivity contribution >= 4 is 17.2 Å². The summed E-state index contributed by atoms with van der Waals surface area (Å²) in [5, 5.41) is 4.31. The van der Waals surface area contributed by atoms with Gasteiger partial charge < -0.3 is 4.74 Å².